The number of rotatable bonds is 13. The van der Waals surface area contributed by atoms with Gasteiger partial charge in [-0.05, 0) is 73.8 Å². The quantitative estimate of drug-likeness (QED) is 0.264. The lowest BCUT2D eigenvalue weighted by molar-refractivity contribution is -0.145. The van der Waals surface area contributed by atoms with E-state index in [2.05, 4.69) is 21.1 Å². The van der Waals surface area contributed by atoms with Gasteiger partial charge in [-0.25, -0.2) is 0 Å². The number of nitrogens with zero attached hydrogens (tertiary/aromatic N) is 2. The smallest absolute Gasteiger partial charge is 0.289 e. The molecule has 12 nitrogen and oxygen atoms in total. The Morgan fingerprint density at radius 2 is 1.69 bits per heavy atom. The number of likely N-dealkylation sites (N-methyl/N-ethyl adjacent to an activating group) is 1. The average molecular weight is 716 g/mol. The van der Waals surface area contributed by atoms with Gasteiger partial charge in [0, 0.05) is 31.4 Å². The molecule has 2 aliphatic heterocycles. The second-order valence-electron chi connectivity index (χ2n) is 15.5. The number of aryl methyl sites for hydroxylation is 2. The van der Waals surface area contributed by atoms with Gasteiger partial charge in [-0.15, -0.1) is 0 Å². The van der Waals surface area contributed by atoms with Gasteiger partial charge in [0.25, 0.3) is 5.91 Å². The number of carbonyl (C=O) groups is 5. The van der Waals surface area contributed by atoms with E-state index < -0.39 is 52.6 Å². The van der Waals surface area contributed by atoms with E-state index in [1.807, 2.05) is 90.9 Å². The Hall–Kier alpha value is -4.74. The van der Waals surface area contributed by atoms with Crippen molar-refractivity contribution < 1.29 is 33.5 Å². The molecule has 0 unspecified atom stereocenters. The van der Waals surface area contributed by atoms with Gasteiger partial charge in [0.15, 0.2) is 5.60 Å². The average Bonchev–Trinajstić information content (AvgIpc) is 3.68. The highest BCUT2D eigenvalue weighted by Crippen LogP contribution is 2.48. The molecule has 280 valence electrons. The third-order valence-electron chi connectivity index (χ3n) is 10.3. The van der Waals surface area contributed by atoms with E-state index in [1.54, 1.807) is 0 Å². The Balaban J connectivity index is 1.42. The van der Waals surface area contributed by atoms with Crippen molar-refractivity contribution in [3.8, 4) is 5.75 Å². The molecule has 0 bridgehead atoms. The maximum Gasteiger partial charge on any atom is 0.289 e. The number of amides is 4. The molecule has 5 rings (SSSR count). The molecule has 2 aromatic rings. The van der Waals surface area contributed by atoms with Crippen LogP contribution in [0.3, 0.4) is 0 Å². The first-order chi connectivity index (χ1) is 24.6. The number of Topliss-reactive ketones (excluding diaryl/α,β-unsaturated/α-hetero) is 1. The zero-order valence-corrected chi connectivity index (χ0v) is 31.6. The molecular formula is C40H53N5O7. The second-order valence-corrected chi connectivity index (χ2v) is 15.5. The van der Waals surface area contributed by atoms with E-state index in [9.17, 15) is 24.0 Å². The third kappa shape index (κ3) is 8.16. The summed E-state index contributed by atoms with van der Waals surface area (Å²) in [5.41, 5.74) is 2.80. The van der Waals surface area contributed by atoms with E-state index >= 15 is 0 Å². The predicted molar refractivity (Wildman–Crippen MR) is 197 cm³/mol. The summed E-state index contributed by atoms with van der Waals surface area (Å²) in [7, 11) is 1.36. The number of benzene rings is 2. The molecule has 1 spiro atoms. The van der Waals surface area contributed by atoms with E-state index in [1.165, 1.54) is 11.9 Å². The van der Waals surface area contributed by atoms with Crippen LogP contribution in [-0.4, -0.2) is 83.9 Å². The zero-order valence-electron chi connectivity index (χ0n) is 31.6. The molecule has 2 aromatic carbocycles. The number of ether oxygens (including phenoxy) is 1. The summed E-state index contributed by atoms with van der Waals surface area (Å²) in [5.74, 6) is -2.14. The molecule has 2 heterocycles. The standard InChI is InChI=1S/C40H53N5O7/c1-9-14-29(32(46)37(49)41-8)42-36(48)31-21-40(20-30(44-52-40)26-17-23(3)33(51-10-2)24(4)18-26)22-45(31)38(50)34(39(5,6)7)43-35(47)28-19-27(28)25-15-12-11-13-16-25/h11-13,15-18,27-29,31,34H,9-10,14,19-22H2,1-8H3,(H,41,49)(H,42,48)(H,43,47)/t27-,28+,29-,31-,34+,40+/m0/s1. The highest BCUT2D eigenvalue weighted by atomic mass is 16.7. The fraction of sp³-hybridized carbons (Fsp3) is 0.550. The number of likely N-dealkylation sites (tertiary alicyclic amines) is 1. The molecule has 6 atom stereocenters. The van der Waals surface area contributed by atoms with Crippen LogP contribution < -0.4 is 20.7 Å². The van der Waals surface area contributed by atoms with E-state index in [4.69, 9.17) is 9.57 Å². The van der Waals surface area contributed by atoms with Crippen LogP contribution in [0.5, 0.6) is 5.75 Å². The van der Waals surface area contributed by atoms with Gasteiger partial charge in [-0.1, -0.05) is 69.6 Å². The SMILES string of the molecule is CCC[C@H](NC(=O)[C@@H]1C[C@]2(CC(c3cc(C)c(OCC)c(C)c3)=NO2)CN1C(=O)[C@@H](NC(=O)[C@@H]1C[C@H]1c1ccccc1)C(C)(C)C)C(=O)C(=O)NC. The fourth-order valence-corrected chi connectivity index (χ4v) is 7.50. The first-order valence-corrected chi connectivity index (χ1v) is 18.3. The van der Waals surface area contributed by atoms with Crippen molar-refractivity contribution in [3.63, 3.8) is 0 Å². The number of nitrogens with one attached hydrogen (secondary N) is 3. The summed E-state index contributed by atoms with van der Waals surface area (Å²) < 4.78 is 5.83. The Kier molecular flexibility index (Phi) is 11.5. The summed E-state index contributed by atoms with van der Waals surface area (Å²) >= 11 is 0. The summed E-state index contributed by atoms with van der Waals surface area (Å²) in [6.45, 7) is 13.9. The van der Waals surface area contributed by atoms with Crippen molar-refractivity contribution >= 4 is 35.1 Å². The molecule has 4 amide bonds. The Morgan fingerprint density at radius 1 is 1.02 bits per heavy atom. The zero-order chi connectivity index (χ0) is 38.0. The van der Waals surface area contributed by atoms with Gasteiger partial charge in [0.1, 0.15) is 17.8 Å². The van der Waals surface area contributed by atoms with Gasteiger partial charge in [-0.3, -0.25) is 24.0 Å². The van der Waals surface area contributed by atoms with Crippen molar-refractivity contribution in [1.29, 1.82) is 0 Å². The number of ketones is 1. The third-order valence-corrected chi connectivity index (χ3v) is 10.3. The molecule has 1 aliphatic carbocycles. The maximum atomic E-state index is 14.7. The van der Waals surface area contributed by atoms with Gasteiger partial charge >= 0.3 is 0 Å². The lowest BCUT2D eigenvalue weighted by Crippen LogP contribution is -2.59. The molecule has 2 fully saturated rings. The van der Waals surface area contributed by atoms with E-state index in [0.717, 1.165) is 28.0 Å². The molecule has 0 aromatic heterocycles. The molecule has 12 heteroatoms. The molecule has 3 N–H and O–H groups in total. The van der Waals surface area contributed by atoms with Crippen LogP contribution >= 0.6 is 0 Å². The van der Waals surface area contributed by atoms with Crippen LogP contribution in [0.25, 0.3) is 0 Å². The number of carbonyl (C=O) groups excluding carboxylic acids is 5. The molecular weight excluding hydrogens is 662 g/mol. The minimum absolute atomic E-state index is 0.0340. The second kappa shape index (κ2) is 15.5. The van der Waals surface area contributed by atoms with Gasteiger partial charge in [0.2, 0.25) is 23.5 Å². The molecule has 52 heavy (non-hydrogen) atoms. The van der Waals surface area contributed by atoms with Gasteiger partial charge in [0.05, 0.1) is 24.9 Å². The first kappa shape index (κ1) is 38.5. The Labute approximate surface area is 306 Å². The number of oxime groups is 1. The lowest BCUT2D eigenvalue weighted by atomic mass is 9.85. The highest BCUT2D eigenvalue weighted by Gasteiger charge is 2.56. The maximum absolute atomic E-state index is 14.7. The van der Waals surface area contributed by atoms with Crippen molar-refractivity contribution in [2.75, 3.05) is 20.2 Å². The largest absolute Gasteiger partial charge is 0.493 e. The molecule has 3 aliphatic rings. The van der Waals surface area contributed by atoms with Crippen molar-refractivity contribution in [3.05, 3.63) is 64.7 Å². The highest BCUT2D eigenvalue weighted by molar-refractivity contribution is 6.38. The fourth-order valence-electron chi connectivity index (χ4n) is 7.50. The first-order valence-electron chi connectivity index (χ1n) is 18.3. The Morgan fingerprint density at radius 3 is 2.29 bits per heavy atom. The number of hydrogen-bond acceptors (Lipinski definition) is 8. The Bertz CT molecular complexity index is 1710. The van der Waals surface area contributed by atoms with Crippen LogP contribution in [-0.2, 0) is 28.8 Å². The number of hydrogen-bond donors (Lipinski definition) is 3. The minimum atomic E-state index is -1.07. The topological polar surface area (TPSA) is 156 Å². The van der Waals surface area contributed by atoms with Crippen molar-refractivity contribution in [2.45, 2.75) is 110 Å². The summed E-state index contributed by atoms with van der Waals surface area (Å²) in [6, 6.07) is 10.7. The summed E-state index contributed by atoms with van der Waals surface area (Å²) in [6.07, 6.45) is 1.90. The van der Waals surface area contributed by atoms with Crippen LogP contribution in [0.4, 0.5) is 0 Å². The normalized spacial score (nSPS) is 23.3. The summed E-state index contributed by atoms with van der Waals surface area (Å²) in [4.78, 5) is 75.4. The van der Waals surface area contributed by atoms with Gasteiger partial charge in [-0.2, -0.15) is 0 Å². The summed E-state index contributed by atoms with van der Waals surface area (Å²) in [5, 5.41) is 12.6. The van der Waals surface area contributed by atoms with E-state index in [0.29, 0.717) is 31.6 Å². The van der Waals surface area contributed by atoms with E-state index in [-0.39, 0.29) is 37.1 Å². The van der Waals surface area contributed by atoms with Gasteiger partial charge < -0.3 is 30.4 Å². The minimum Gasteiger partial charge on any atom is -0.493 e. The molecule has 0 radical (unpaired) electrons. The van der Waals surface area contributed by atoms with Crippen molar-refractivity contribution in [2.24, 2.45) is 16.5 Å². The predicted octanol–water partition coefficient (Wildman–Crippen LogP) is 4.10. The van der Waals surface area contributed by atoms with Crippen LogP contribution in [0.2, 0.25) is 0 Å². The van der Waals surface area contributed by atoms with Crippen LogP contribution in [0, 0.1) is 25.2 Å². The lowest BCUT2D eigenvalue weighted by Gasteiger charge is -2.35. The monoisotopic (exact) mass is 715 g/mol. The van der Waals surface area contributed by atoms with Crippen molar-refractivity contribution in [1.82, 2.24) is 20.9 Å². The molecule has 1 saturated carbocycles. The molecule has 1 saturated heterocycles. The van der Waals surface area contributed by atoms with Crippen LogP contribution in [0.1, 0.15) is 94.9 Å². The van der Waals surface area contributed by atoms with Crippen LogP contribution in [0.15, 0.2) is 47.6 Å².